The number of hydrogen-bond acceptors (Lipinski definition) is 5. The van der Waals surface area contributed by atoms with Crippen LogP contribution in [-0.4, -0.2) is 51.5 Å². The number of nitrogens with zero attached hydrogens (tertiary/aromatic N) is 2. The molecule has 0 fully saturated rings. The van der Waals surface area contributed by atoms with E-state index < -0.39 is 26.8 Å². The Balaban J connectivity index is 2.41. The number of carbonyl (C=O) groups is 1. The van der Waals surface area contributed by atoms with Gasteiger partial charge in [-0.1, -0.05) is 19.1 Å². The predicted octanol–water partition coefficient (Wildman–Crippen LogP) is 4.76. The van der Waals surface area contributed by atoms with E-state index in [2.05, 4.69) is 0 Å². The SMILES string of the molecule is CCC(C)N(Cc1ccc(OC)c(OS(=O)(=O)c2cccc(C(F)(F)F)c2)c1)C(=O)N(C)C. The van der Waals surface area contributed by atoms with Gasteiger partial charge in [0.1, 0.15) is 4.90 Å². The highest BCUT2D eigenvalue weighted by atomic mass is 32.2. The van der Waals surface area contributed by atoms with E-state index >= 15 is 0 Å². The summed E-state index contributed by atoms with van der Waals surface area (Å²) in [5.41, 5.74) is -0.556. The maximum atomic E-state index is 13.0. The van der Waals surface area contributed by atoms with Crippen molar-refractivity contribution in [2.75, 3.05) is 21.2 Å². The molecule has 0 aliphatic carbocycles. The van der Waals surface area contributed by atoms with Gasteiger partial charge in [0.25, 0.3) is 0 Å². The third-order valence-electron chi connectivity index (χ3n) is 4.98. The summed E-state index contributed by atoms with van der Waals surface area (Å²) in [6, 6.07) is 7.48. The summed E-state index contributed by atoms with van der Waals surface area (Å²) in [6.45, 7) is 3.99. The summed E-state index contributed by atoms with van der Waals surface area (Å²) in [6.07, 6.45) is -4.01. The second-order valence-electron chi connectivity index (χ2n) is 7.61. The number of urea groups is 1. The standard InChI is InChI=1S/C22H27F3N2O5S/c1-6-15(2)27(21(28)26(3)4)14-16-10-11-19(31-5)20(12-16)32-33(29,30)18-9-7-8-17(13-18)22(23,24)25/h7-13,15H,6,14H2,1-5H3. The maximum Gasteiger partial charge on any atom is 0.416 e. The number of alkyl halides is 3. The molecule has 0 heterocycles. The lowest BCUT2D eigenvalue weighted by molar-refractivity contribution is -0.137. The monoisotopic (exact) mass is 488 g/mol. The smallest absolute Gasteiger partial charge is 0.416 e. The molecule has 0 aliphatic heterocycles. The zero-order valence-electron chi connectivity index (χ0n) is 19.0. The Bertz CT molecular complexity index is 1090. The molecule has 0 radical (unpaired) electrons. The fraction of sp³-hybridized carbons (Fsp3) is 0.409. The van der Waals surface area contributed by atoms with Crippen LogP contribution < -0.4 is 8.92 Å². The van der Waals surface area contributed by atoms with Gasteiger partial charge in [0.15, 0.2) is 11.5 Å². The molecule has 7 nitrogen and oxygen atoms in total. The molecule has 0 saturated heterocycles. The van der Waals surface area contributed by atoms with E-state index in [0.29, 0.717) is 18.1 Å². The first-order chi connectivity index (χ1) is 15.3. The second kappa shape index (κ2) is 10.3. The highest BCUT2D eigenvalue weighted by Crippen LogP contribution is 2.34. The highest BCUT2D eigenvalue weighted by Gasteiger charge is 2.32. The van der Waals surface area contributed by atoms with Crippen LogP contribution in [0.5, 0.6) is 11.5 Å². The lowest BCUT2D eigenvalue weighted by Gasteiger charge is -2.31. The Morgan fingerprint density at radius 1 is 1.09 bits per heavy atom. The van der Waals surface area contributed by atoms with E-state index in [-0.39, 0.29) is 30.1 Å². The number of halogens is 3. The summed E-state index contributed by atoms with van der Waals surface area (Å²) in [5.74, 6) is -0.128. The molecule has 0 saturated carbocycles. The van der Waals surface area contributed by atoms with Crippen molar-refractivity contribution in [3.05, 3.63) is 53.6 Å². The van der Waals surface area contributed by atoms with E-state index in [1.807, 2.05) is 13.8 Å². The molecular formula is C22H27F3N2O5S. The molecule has 0 aliphatic rings. The van der Waals surface area contributed by atoms with Gasteiger partial charge >= 0.3 is 22.3 Å². The molecule has 2 aromatic carbocycles. The van der Waals surface area contributed by atoms with Crippen LogP contribution in [0.2, 0.25) is 0 Å². The number of carbonyl (C=O) groups excluding carboxylic acids is 1. The van der Waals surface area contributed by atoms with E-state index in [9.17, 15) is 26.4 Å². The average Bonchev–Trinajstić information content (AvgIpc) is 2.75. The van der Waals surface area contributed by atoms with Crippen molar-refractivity contribution in [3.8, 4) is 11.5 Å². The number of ether oxygens (including phenoxy) is 1. The van der Waals surface area contributed by atoms with Crippen LogP contribution >= 0.6 is 0 Å². The first kappa shape index (κ1) is 26.3. The molecule has 2 aromatic rings. The molecular weight excluding hydrogens is 461 g/mol. The number of hydrogen-bond donors (Lipinski definition) is 0. The Kier molecular flexibility index (Phi) is 8.23. The minimum atomic E-state index is -4.71. The summed E-state index contributed by atoms with van der Waals surface area (Å²) in [5, 5.41) is 0. The molecule has 0 aromatic heterocycles. The number of methoxy groups -OCH3 is 1. The summed E-state index contributed by atoms with van der Waals surface area (Å²) >= 11 is 0. The van der Waals surface area contributed by atoms with Crippen molar-refractivity contribution in [1.82, 2.24) is 9.80 Å². The summed E-state index contributed by atoms with van der Waals surface area (Å²) in [4.78, 5) is 15.0. The number of benzene rings is 2. The molecule has 0 N–H and O–H groups in total. The van der Waals surface area contributed by atoms with Crippen LogP contribution in [0.1, 0.15) is 31.4 Å². The summed E-state index contributed by atoms with van der Waals surface area (Å²) in [7, 11) is -0.0343. The molecule has 2 amide bonds. The first-order valence-electron chi connectivity index (χ1n) is 10.1. The van der Waals surface area contributed by atoms with Gasteiger partial charge in [0.05, 0.1) is 12.7 Å². The van der Waals surface area contributed by atoms with Gasteiger partial charge in [-0.3, -0.25) is 0 Å². The molecule has 0 bridgehead atoms. The molecule has 0 spiro atoms. The molecule has 1 unspecified atom stereocenters. The molecule has 2 rings (SSSR count). The lowest BCUT2D eigenvalue weighted by atomic mass is 10.1. The third kappa shape index (κ3) is 6.53. The molecule has 33 heavy (non-hydrogen) atoms. The van der Waals surface area contributed by atoms with Crippen LogP contribution in [0.4, 0.5) is 18.0 Å². The zero-order chi connectivity index (χ0) is 25.0. The first-order valence-corrected chi connectivity index (χ1v) is 11.5. The maximum absolute atomic E-state index is 13.0. The van der Waals surface area contributed by atoms with Gasteiger partial charge in [-0.25, -0.2) is 4.79 Å². The van der Waals surface area contributed by atoms with Crippen molar-refractivity contribution in [1.29, 1.82) is 0 Å². The van der Waals surface area contributed by atoms with Crippen molar-refractivity contribution < 1.29 is 35.3 Å². The van der Waals surface area contributed by atoms with E-state index in [1.54, 1.807) is 25.1 Å². The fourth-order valence-corrected chi connectivity index (χ4v) is 3.94. The van der Waals surface area contributed by atoms with Gasteiger partial charge in [-0.15, -0.1) is 0 Å². The quantitative estimate of drug-likeness (QED) is 0.501. The van der Waals surface area contributed by atoms with Gasteiger partial charge in [0, 0.05) is 26.7 Å². The van der Waals surface area contributed by atoms with E-state index in [1.165, 1.54) is 24.1 Å². The third-order valence-corrected chi connectivity index (χ3v) is 6.21. The van der Waals surface area contributed by atoms with Gasteiger partial charge in [0.2, 0.25) is 0 Å². The van der Waals surface area contributed by atoms with Crippen molar-refractivity contribution >= 4 is 16.1 Å². The van der Waals surface area contributed by atoms with Crippen LogP contribution in [0, 0.1) is 0 Å². The van der Waals surface area contributed by atoms with Crippen molar-refractivity contribution in [2.45, 2.75) is 43.9 Å². The topological polar surface area (TPSA) is 76.1 Å². The van der Waals surface area contributed by atoms with E-state index in [0.717, 1.165) is 18.2 Å². The van der Waals surface area contributed by atoms with Crippen molar-refractivity contribution in [3.63, 3.8) is 0 Å². The Labute approximate surface area is 191 Å². The second-order valence-corrected chi connectivity index (χ2v) is 9.16. The number of amides is 2. The lowest BCUT2D eigenvalue weighted by Crippen LogP contribution is -2.43. The minimum absolute atomic E-state index is 0.0725. The van der Waals surface area contributed by atoms with Crippen LogP contribution in [0.3, 0.4) is 0 Å². The largest absolute Gasteiger partial charge is 0.493 e. The van der Waals surface area contributed by atoms with Gasteiger partial charge in [-0.2, -0.15) is 21.6 Å². The predicted molar refractivity (Wildman–Crippen MR) is 117 cm³/mol. The van der Waals surface area contributed by atoms with Crippen LogP contribution in [0.15, 0.2) is 47.4 Å². The van der Waals surface area contributed by atoms with Crippen molar-refractivity contribution in [2.24, 2.45) is 0 Å². The Morgan fingerprint density at radius 3 is 2.30 bits per heavy atom. The normalized spacial score (nSPS) is 12.7. The fourth-order valence-electron chi connectivity index (χ4n) is 2.96. The molecule has 1 atom stereocenters. The average molecular weight is 489 g/mol. The van der Waals surface area contributed by atoms with Gasteiger partial charge < -0.3 is 18.7 Å². The number of rotatable bonds is 8. The Morgan fingerprint density at radius 2 is 1.76 bits per heavy atom. The highest BCUT2D eigenvalue weighted by molar-refractivity contribution is 7.87. The van der Waals surface area contributed by atoms with E-state index in [4.69, 9.17) is 8.92 Å². The Hall–Kier alpha value is -2.95. The summed E-state index contributed by atoms with van der Waals surface area (Å²) < 4.78 is 74.8. The molecule has 11 heteroatoms. The van der Waals surface area contributed by atoms with Gasteiger partial charge in [-0.05, 0) is 49.2 Å². The van der Waals surface area contributed by atoms with Crippen LogP contribution in [0.25, 0.3) is 0 Å². The van der Waals surface area contributed by atoms with Crippen LogP contribution in [-0.2, 0) is 22.8 Å². The molecule has 182 valence electrons. The minimum Gasteiger partial charge on any atom is -0.493 e. The zero-order valence-corrected chi connectivity index (χ0v) is 19.8.